The minimum atomic E-state index is -1.20. The standard InChI is InChI=1S/C19H22N2O9/c1-11-10-16(24)21(17(11)25)30-19(27)28-13-5-3-2-4-12(6-7-13)18(26)29-20-14(22)8-9-15(20)23/h3,5,11-13H,2,4,6-10H2,1H3/b5-3+. The number of allylic oxidation sites excluding steroid dienone is 1. The van der Waals surface area contributed by atoms with Crippen LogP contribution in [0.1, 0.15) is 51.9 Å². The maximum atomic E-state index is 12.4. The number of amides is 4. The van der Waals surface area contributed by atoms with Crippen molar-refractivity contribution in [2.75, 3.05) is 0 Å². The van der Waals surface area contributed by atoms with E-state index in [9.17, 15) is 28.8 Å². The van der Waals surface area contributed by atoms with Crippen LogP contribution < -0.4 is 0 Å². The van der Waals surface area contributed by atoms with E-state index in [0.717, 1.165) is 0 Å². The molecule has 2 aliphatic heterocycles. The number of carbonyl (C=O) groups is 6. The minimum Gasteiger partial charge on any atom is -0.425 e. The molecular formula is C19H22N2O9. The van der Waals surface area contributed by atoms with Gasteiger partial charge in [-0.2, -0.15) is 0 Å². The molecule has 0 spiro atoms. The molecule has 2 heterocycles. The van der Waals surface area contributed by atoms with Crippen molar-refractivity contribution in [1.82, 2.24) is 10.1 Å². The van der Waals surface area contributed by atoms with Crippen molar-refractivity contribution in [1.29, 1.82) is 0 Å². The molecule has 1 aliphatic carbocycles. The Hall–Kier alpha value is -3.24. The molecule has 0 aromatic heterocycles. The number of rotatable bonds is 4. The molecule has 3 atom stereocenters. The van der Waals surface area contributed by atoms with E-state index in [-0.39, 0.29) is 32.1 Å². The fourth-order valence-electron chi connectivity index (χ4n) is 3.38. The predicted molar refractivity (Wildman–Crippen MR) is 95.3 cm³/mol. The maximum absolute atomic E-state index is 12.4. The Morgan fingerprint density at radius 2 is 1.63 bits per heavy atom. The van der Waals surface area contributed by atoms with Gasteiger partial charge in [-0.3, -0.25) is 24.0 Å². The van der Waals surface area contributed by atoms with Crippen LogP contribution in [0.2, 0.25) is 0 Å². The zero-order valence-electron chi connectivity index (χ0n) is 16.4. The first-order valence-electron chi connectivity index (χ1n) is 9.76. The smallest absolute Gasteiger partial charge is 0.425 e. The lowest BCUT2D eigenvalue weighted by Gasteiger charge is -2.22. The Balaban J connectivity index is 1.52. The first-order valence-corrected chi connectivity index (χ1v) is 9.76. The van der Waals surface area contributed by atoms with Crippen LogP contribution in [0.4, 0.5) is 4.79 Å². The average Bonchev–Trinajstić information content (AvgIpc) is 3.11. The molecule has 0 aromatic rings. The highest BCUT2D eigenvalue weighted by atomic mass is 16.8. The summed E-state index contributed by atoms with van der Waals surface area (Å²) in [4.78, 5) is 80.7. The highest BCUT2D eigenvalue weighted by molar-refractivity contribution is 6.03. The van der Waals surface area contributed by atoms with E-state index in [1.54, 1.807) is 19.1 Å². The van der Waals surface area contributed by atoms with Crippen LogP contribution in [-0.2, 0) is 38.4 Å². The summed E-state index contributed by atoms with van der Waals surface area (Å²) in [6.45, 7) is 1.55. The van der Waals surface area contributed by atoms with Gasteiger partial charge in [0.1, 0.15) is 6.10 Å². The number of ether oxygens (including phenoxy) is 1. The van der Waals surface area contributed by atoms with E-state index >= 15 is 0 Å². The molecule has 11 nitrogen and oxygen atoms in total. The summed E-state index contributed by atoms with van der Waals surface area (Å²) in [7, 11) is 0. The van der Waals surface area contributed by atoms with Gasteiger partial charge in [-0.1, -0.05) is 18.1 Å². The van der Waals surface area contributed by atoms with Crippen LogP contribution in [0.3, 0.4) is 0 Å². The number of nitrogens with zero attached hydrogens (tertiary/aromatic N) is 2. The van der Waals surface area contributed by atoms with E-state index in [2.05, 4.69) is 0 Å². The van der Waals surface area contributed by atoms with Crippen molar-refractivity contribution < 1.29 is 43.2 Å². The molecule has 0 bridgehead atoms. The molecule has 2 saturated heterocycles. The van der Waals surface area contributed by atoms with Crippen molar-refractivity contribution in [3.05, 3.63) is 12.2 Å². The fourth-order valence-corrected chi connectivity index (χ4v) is 3.38. The minimum absolute atomic E-state index is 0.0122. The zero-order valence-corrected chi connectivity index (χ0v) is 16.4. The van der Waals surface area contributed by atoms with E-state index in [4.69, 9.17) is 14.4 Å². The zero-order chi connectivity index (χ0) is 21.8. The summed E-state index contributed by atoms with van der Waals surface area (Å²) >= 11 is 0. The summed E-state index contributed by atoms with van der Waals surface area (Å²) in [5.41, 5.74) is 0. The van der Waals surface area contributed by atoms with Gasteiger partial charge in [0.25, 0.3) is 23.6 Å². The predicted octanol–water partition coefficient (Wildman–Crippen LogP) is 1.17. The van der Waals surface area contributed by atoms with E-state index in [1.807, 2.05) is 0 Å². The van der Waals surface area contributed by atoms with Crippen molar-refractivity contribution >= 4 is 35.8 Å². The van der Waals surface area contributed by atoms with Gasteiger partial charge in [0.2, 0.25) is 0 Å². The SMILES string of the molecule is CC1CC(=O)N(OC(=O)OC2/C=C/CCC(C(=O)ON3C(=O)CCC3=O)CC2)C1=O. The largest absolute Gasteiger partial charge is 0.534 e. The van der Waals surface area contributed by atoms with Gasteiger partial charge in [-0.05, 0) is 31.8 Å². The third-order valence-corrected chi connectivity index (χ3v) is 5.10. The van der Waals surface area contributed by atoms with Gasteiger partial charge in [-0.15, -0.1) is 5.06 Å². The molecule has 3 unspecified atom stereocenters. The highest BCUT2D eigenvalue weighted by Gasteiger charge is 2.40. The van der Waals surface area contributed by atoms with Crippen LogP contribution in [0, 0.1) is 11.8 Å². The van der Waals surface area contributed by atoms with Crippen molar-refractivity contribution in [2.45, 2.75) is 58.0 Å². The van der Waals surface area contributed by atoms with E-state index in [0.29, 0.717) is 23.0 Å². The third-order valence-electron chi connectivity index (χ3n) is 5.10. The lowest BCUT2D eigenvalue weighted by atomic mass is 9.93. The molecule has 4 amide bonds. The second kappa shape index (κ2) is 9.06. The first-order chi connectivity index (χ1) is 14.3. The van der Waals surface area contributed by atoms with Gasteiger partial charge in [0.05, 0.1) is 5.92 Å². The van der Waals surface area contributed by atoms with Gasteiger partial charge in [0, 0.05) is 25.2 Å². The fraction of sp³-hybridized carbons (Fsp3) is 0.579. The Morgan fingerprint density at radius 3 is 2.27 bits per heavy atom. The van der Waals surface area contributed by atoms with Crippen LogP contribution in [0.5, 0.6) is 0 Å². The topological polar surface area (TPSA) is 137 Å². The molecule has 0 saturated carbocycles. The summed E-state index contributed by atoms with van der Waals surface area (Å²) in [5.74, 6) is -4.19. The summed E-state index contributed by atoms with van der Waals surface area (Å²) in [6.07, 6.45) is 2.83. The first kappa shape index (κ1) is 21.5. The Bertz CT molecular complexity index is 790. The van der Waals surface area contributed by atoms with E-state index in [1.165, 1.54) is 0 Å². The maximum Gasteiger partial charge on any atom is 0.534 e. The van der Waals surface area contributed by atoms with Gasteiger partial charge < -0.3 is 9.57 Å². The molecule has 30 heavy (non-hydrogen) atoms. The molecule has 2 fully saturated rings. The second-order valence-electron chi connectivity index (χ2n) is 7.40. The molecular weight excluding hydrogens is 400 g/mol. The number of imide groups is 2. The Kier molecular flexibility index (Phi) is 6.48. The molecule has 3 rings (SSSR count). The van der Waals surface area contributed by atoms with Crippen LogP contribution in [-0.4, -0.2) is 52.0 Å². The lowest BCUT2D eigenvalue weighted by molar-refractivity contribution is -0.201. The van der Waals surface area contributed by atoms with Crippen LogP contribution in [0.15, 0.2) is 12.2 Å². The third kappa shape index (κ3) is 4.84. The molecule has 0 aromatic carbocycles. The number of carbonyl (C=O) groups excluding carboxylic acids is 6. The molecule has 3 aliphatic rings. The lowest BCUT2D eigenvalue weighted by Crippen LogP contribution is -2.35. The number of hydroxylamine groups is 4. The molecule has 11 heteroatoms. The normalized spacial score (nSPS) is 28.2. The molecule has 0 N–H and O–H groups in total. The molecule has 162 valence electrons. The van der Waals surface area contributed by atoms with Crippen LogP contribution in [0.25, 0.3) is 0 Å². The Morgan fingerprint density at radius 1 is 0.933 bits per heavy atom. The summed E-state index contributed by atoms with van der Waals surface area (Å²) in [5, 5.41) is 0.914. The average molecular weight is 422 g/mol. The van der Waals surface area contributed by atoms with Gasteiger partial charge >= 0.3 is 12.1 Å². The van der Waals surface area contributed by atoms with Crippen molar-refractivity contribution in [3.63, 3.8) is 0 Å². The monoisotopic (exact) mass is 422 g/mol. The van der Waals surface area contributed by atoms with Crippen LogP contribution >= 0.6 is 0 Å². The Labute approximate surface area is 171 Å². The summed E-state index contributed by atoms with van der Waals surface area (Å²) in [6, 6.07) is 0. The van der Waals surface area contributed by atoms with Crippen molar-refractivity contribution in [3.8, 4) is 0 Å². The second-order valence-corrected chi connectivity index (χ2v) is 7.40. The molecule has 0 radical (unpaired) electrons. The number of hydrogen-bond donors (Lipinski definition) is 0. The van der Waals surface area contributed by atoms with Gasteiger partial charge in [-0.25, -0.2) is 9.59 Å². The summed E-state index contributed by atoms with van der Waals surface area (Å²) < 4.78 is 5.15. The van der Waals surface area contributed by atoms with E-state index < -0.39 is 53.7 Å². The van der Waals surface area contributed by atoms with Crippen molar-refractivity contribution in [2.24, 2.45) is 11.8 Å². The van der Waals surface area contributed by atoms with Gasteiger partial charge in [0.15, 0.2) is 0 Å². The quantitative estimate of drug-likeness (QED) is 0.371. The number of hydrogen-bond acceptors (Lipinski definition) is 9. The highest BCUT2D eigenvalue weighted by Crippen LogP contribution is 2.24.